The number of unbranched alkanes of at least 4 members (excludes halogenated alkanes) is 1. The molecule has 0 saturated carbocycles. The van der Waals surface area contributed by atoms with Crippen molar-refractivity contribution in [3.63, 3.8) is 0 Å². The van der Waals surface area contributed by atoms with Crippen LogP contribution in [0.4, 0.5) is 5.82 Å². The number of carbonyl (C=O) groups is 1. The molecule has 7 nitrogen and oxygen atoms in total. The second kappa shape index (κ2) is 9.60. The number of hydrogen-bond donors (Lipinski definition) is 1. The Morgan fingerprint density at radius 2 is 1.88 bits per heavy atom. The fraction of sp³-hybridized carbons (Fsp3) is 0.421. The molecule has 2 aromatic rings. The Bertz CT molecular complexity index is 719. The van der Waals surface area contributed by atoms with Crippen LogP contribution in [0, 0.1) is 0 Å². The summed E-state index contributed by atoms with van der Waals surface area (Å²) in [7, 11) is 5.13. The molecule has 1 amide bonds. The summed E-state index contributed by atoms with van der Waals surface area (Å²) in [6.07, 6.45) is 2.21. The van der Waals surface area contributed by atoms with Crippen LogP contribution in [-0.4, -0.2) is 43.9 Å². The minimum absolute atomic E-state index is 0.268. The van der Waals surface area contributed by atoms with E-state index >= 15 is 0 Å². The molecule has 0 saturated heterocycles. The molecule has 0 aliphatic rings. The topological polar surface area (TPSA) is 76.6 Å². The van der Waals surface area contributed by atoms with E-state index in [1.54, 1.807) is 26.4 Å². The molecular weight excluding hydrogens is 332 g/mol. The number of amides is 1. The van der Waals surface area contributed by atoms with Crippen molar-refractivity contribution in [2.45, 2.75) is 26.3 Å². The third-order valence-corrected chi connectivity index (χ3v) is 4.02. The average Bonchev–Trinajstić information content (AvgIpc) is 2.69. The van der Waals surface area contributed by atoms with Crippen molar-refractivity contribution in [3.05, 3.63) is 41.6 Å². The number of hydrogen-bond acceptors (Lipinski definition) is 6. The summed E-state index contributed by atoms with van der Waals surface area (Å²) in [5.41, 5.74) is 1.19. The van der Waals surface area contributed by atoms with Crippen molar-refractivity contribution in [3.8, 4) is 11.5 Å². The van der Waals surface area contributed by atoms with E-state index in [1.165, 1.54) is 0 Å². The molecule has 1 aromatic carbocycles. The zero-order valence-corrected chi connectivity index (χ0v) is 15.8. The minimum atomic E-state index is -0.268. The number of nitrogens with zero attached hydrogens (tertiary/aromatic N) is 3. The lowest BCUT2D eigenvalue weighted by atomic mass is 10.2. The highest BCUT2D eigenvalue weighted by atomic mass is 16.5. The van der Waals surface area contributed by atoms with Crippen LogP contribution in [-0.2, 0) is 6.54 Å². The van der Waals surface area contributed by atoms with Crippen molar-refractivity contribution in [2.75, 3.05) is 32.7 Å². The van der Waals surface area contributed by atoms with Gasteiger partial charge in [-0.3, -0.25) is 4.79 Å². The van der Waals surface area contributed by atoms with Crippen LogP contribution in [0.15, 0.2) is 30.3 Å². The predicted octanol–water partition coefficient (Wildman–Crippen LogP) is 2.66. The van der Waals surface area contributed by atoms with Crippen LogP contribution >= 0.6 is 0 Å². The number of anilines is 1. The second-order valence-corrected chi connectivity index (χ2v) is 5.92. The molecule has 26 heavy (non-hydrogen) atoms. The highest BCUT2D eigenvalue weighted by molar-refractivity contribution is 5.92. The number of benzene rings is 1. The molecule has 7 heteroatoms. The van der Waals surface area contributed by atoms with Crippen LogP contribution in [0.2, 0.25) is 0 Å². The SMILES string of the molecule is CCCCN(C)c1ccc(C(=O)NCc2ccc(OC)c(OC)c2)nn1. The van der Waals surface area contributed by atoms with Crippen molar-refractivity contribution in [1.82, 2.24) is 15.5 Å². The van der Waals surface area contributed by atoms with Crippen LogP contribution in [0.3, 0.4) is 0 Å². The third-order valence-electron chi connectivity index (χ3n) is 4.02. The Balaban J connectivity index is 1.95. The summed E-state index contributed by atoms with van der Waals surface area (Å²) in [6, 6.07) is 9.01. The van der Waals surface area contributed by atoms with Crippen LogP contribution in [0.25, 0.3) is 0 Å². The van der Waals surface area contributed by atoms with Gasteiger partial charge in [-0.15, -0.1) is 10.2 Å². The van der Waals surface area contributed by atoms with Gasteiger partial charge in [-0.1, -0.05) is 19.4 Å². The lowest BCUT2D eigenvalue weighted by molar-refractivity contribution is 0.0945. The van der Waals surface area contributed by atoms with Gasteiger partial charge in [-0.2, -0.15) is 0 Å². The summed E-state index contributed by atoms with van der Waals surface area (Å²) in [6.45, 7) is 3.42. The fourth-order valence-electron chi connectivity index (χ4n) is 2.42. The second-order valence-electron chi connectivity index (χ2n) is 5.92. The van der Waals surface area contributed by atoms with Gasteiger partial charge in [0.05, 0.1) is 14.2 Å². The number of carbonyl (C=O) groups excluding carboxylic acids is 1. The number of nitrogens with one attached hydrogen (secondary N) is 1. The summed E-state index contributed by atoms with van der Waals surface area (Å²) in [5, 5.41) is 11.0. The average molecular weight is 358 g/mol. The Hall–Kier alpha value is -2.83. The monoisotopic (exact) mass is 358 g/mol. The smallest absolute Gasteiger partial charge is 0.272 e. The normalized spacial score (nSPS) is 10.3. The van der Waals surface area contributed by atoms with E-state index in [4.69, 9.17) is 9.47 Å². The van der Waals surface area contributed by atoms with E-state index in [0.717, 1.165) is 30.8 Å². The molecule has 0 atom stereocenters. The van der Waals surface area contributed by atoms with Crippen molar-refractivity contribution in [1.29, 1.82) is 0 Å². The van der Waals surface area contributed by atoms with E-state index < -0.39 is 0 Å². The zero-order valence-electron chi connectivity index (χ0n) is 15.8. The molecule has 0 radical (unpaired) electrons. The van der Waals surface area contributed by atoms with Crippen LogP contribution in [0.1, 0.15) is 35.8 Å². The van der Waals surface area contributed by atoms with Crippen molar-refractivity contribution in [2.24, 2.45) is 0 Å². The Morgan fingerprint density at radius 1 is 1.12 bits per heavy atom. The summed E-state index contributed by atoms with van der Waals surface area (Å²) >= 11 is 0. The molecule has 0 fully saturated rings. The molecule has 0 spiro atoms. The molecule has 0 aliphatic heterocycles. The largest absolute Gasteiger partial charge is 0.493 e. The van der Waals surface area contributed by atoms with Gasteiger partial charge in [0.15, 0.2) is 23.0 Å². The molecule has 1 aromatic heterocycles. The van der Waals surface area contributed by atoms with Crippen molar-refractivity contribution < 1.29 is 14.3 Å². The van der Waals surface area contributed by atoms with Crippen LogP contribution < -0.4 is 19.7 Å². The van der Waals surface area contributed by atoms with Gasteiger partial charge < -0.3 is 19.7 Å². The summed E-state index contributed by atoms with van der Waals surface area (Å²) in [4.78, 5) is 14.3. The van der Waals surface area contributed by atoms with E-state index in [-0.39, 0.29) is 11.6 Å². The number of ether oxygens (including phenoxy) is 2. The predicted molar refractivity (Wildman–Crippen MR) is 101 cm³/mol. The van der Waals surface area contributed by atoms with Crippen molar-refractivity contribution >= 4 is 11.7 Å². The third kappa shape index (κ3) is 5.08. The highest BCUT2D eigenvalue weighted by Crippen LogP contribution is 2.27. The van der Waals surface area contributed by atoms with Gasteiger partial charge in [-0.05, 0) is 36.2 Å². The summed E-state index contributed by atoms with van der Waals surface area (Å²) < 4.78 is 10.5. The Labute approximate surface area is 154 Å². The minimum Gasteiger partial charge on any atom is -0.493 e. The first-order valence-corrected chi connectivity index (χ1v) is 8.63. The molecular formula is C19H26N4O3. The van der Waals surface area contributed by atoms with Gasteiger partial charge >= 0.3 is 0 Å². The quantitative estimate of drug-likeness (QED) is 0.743. The van der Waals surface area contributed by atoms with E-state index in [1.807, 2.05) is 30.1 Å². The first kappa shape index (κ1) is 19.5. The first-order valence-electron chi connectivity index (χ1n) is 8.63. The molecule has 140 valence electrons. The summed E-state index contributed by atoms with van der Waals surface area (Å²) in [5.74, 6) is 1.76. The van der Waals surface area contributed by atoms with E-state index in [2.05, 4.69) is 22.4 Å². The number of methoxy groups -OCH3 is 2. The molecule has 1 heterocycles. The Morgan fingerprint density at radius 3 is 2.50 bits per heavy atom. The molecule has 2 rings (SSSR count). The Kier molecular flexibility index (Phi) is 7.20. The van der Waals surface area contributed by atoms with Crippen LogP contribution in [0.5, 0.6) is 11.5 Å². The van der Waals surface area contributed by atoms with Gasteiger partial charge in [0.1, 0.15) is 0 Å². The fourth-order valence-corrected chi connectivity index (χ4v) is 2.42. The zero-order chi connectivity index (χ0) is 18.9. The highest BCUT2D eigenvalue weighted by Gasteiger charge is 2.11. The first-order chi connectivity index (χ1) is 12.6. The maximum absolute atomic E-state index is 12.3. The maximum Gasteiger partial charge on any atom is 0.272 e. The van der Waals surface area contributed by atoms with Gasteiger partial charge in [0, 0.05) is 20.1 Å². The lowest BCUT2D eigenvalue weighted by Gasteiger charge is -2.16. The lowest BCUT2D eigenvalue weighted by Crippen LogP contribution is -2.25. The van der Waals surface area contributed by atoms with E-state index in [0.29, 0.717) is 18.0 Å². The van der Waals surface area contributed by atoms with E-state index in [9.17, 15) is 4.79 Å². The molecule has 0 unspecified atom stereocenters. The molecule has 1 N–H and O–H groups in total. The van der Waals surface area contributed by atoms with Gasteiger partial charge in [0.2, 0.25) is 0 Å². The van der Waals surface area contributed by atoms with Gasteiger partial charge in [0.25, 0.3) is 5.91 Å². The molecule has 0 aliphatic carbocycles. The standard InChI is InChI=1S/C19H26N4O3/c1-5-6-11-23(2)18-10-8-15(21-22-18)19(24)20-13-14-7-9-16(25-3)17(12-14)26-4/h7-10,12H,5-6,11,13H2,1-4H3,(H,20,24). The number of rotatable bonds is 9. The maximum atomic E-state index is 12.3. The van der Waals surface area contributed by atoms with Gasteiger partial charge in [-0.25, -0.2) is 0 Å². The molecule has 0 bridgehead atoms. The number of aromatic nitrogens is 2.